The number of nitrogens with two attached hydrogens (primary N) is 1. The van der Waals surface area contributed by atoms with E-state index < -0.39 is 6.04 Å². The third-order valence-corrected chi connectivity index (χ3v) is 3.05. The summed E-state index contributed by atoms with van der Waals surface area (Å²) in [4.78, 5) is 13.6. The molecule has 16 heavy (non-hydrogen) atoms. The minimum atomic E-state index is -0.655. The molecule has 0 saturated carbocycles. The van der Waals surface area contributed by atoms with E-state index in [0.717, 1.165) is 11.1 Å². The molecule has 4 heteroatoms. The number of rotatable bonds is 1. The van der Waals surface area contributed by atoms with E-state index in [4.69, 9.17) is 5.73 Å². The molecule has 0 unspecified atom stereocenters. The molecule has 2 rings (SSSR count). The highest BCUT2D eigenvalue weighted by atomic mass is 19.1. The Kier molecular flexibility index (Phi) is 2.92. The molecule has 0 spiro atoms. The summed E-state index contributed by atoms with van der Waals surface area (Å²) in [7, 11) is 0. The predicted octanol–water partition coefficient (Wildman–Crippen LogP) is 1.23. The number of halogens is 1. The van der Waals surface area contributed by atoms with Gasteiger partial charge in [-0.25, -0.2) is 4.39 Å². The standard InChI is InChI=1S/C12H15FN2O/c1-2-15-6-5-8-7-9(13)3-4-10(8)11(14)12(15)16/h3-4,7,11H,2,5-6,14H2,1H3/t11-/m0/s1. The molecular formula is C12H15FN2O. The summed E-state index contributed by atoms with van der Waals surface area (Å²) in [5.41, 5.74) is 7.49. The highest BCUT2D eigenvalue weighted by Gasteiger charge is 2.27. The van der Waals surface area contributed by atoms with Crippen LogP contribution >= 0.6 is 0 Å². The summed E-state index contributed by atoms with van der Waals surface area (Å²) in [5, 5.41) is 0. The van der Waals surface area contributed by atoms with E-state index in [9.17, 15) is 9.18 Å². The lowest BCUT2D eigenvalue weighted by Gasteiger charge is -2.20. The summed E-state index contributed by atoms with van der Waals surface area (Å²) in [6, 6.07) is 3.79. The number of benzene rings is 1. The Morgan fingerprint density at radius 3 is 3.00 bits per heavy atom. The molecule has 1 atom stereocenters. The summed E-state index contributed by atoms with van der Waals surface area (Å²) in [6.07, 6.45) is 0.667. The molecule has 0 saturated heterocycles. The molecule has 86 valence electrons. The third-order valence-electron chi connectivity index (χ3n) is 3.05. The van der Waals surface area contributed by atoms with Gasteiger partial charge in [0.25, 0.3) is 0 Å². The fourth-order valence-electron chi connectivity index (χ4n) is 2.10. The van der Waals surface area contributed by atoms with Crippen molar-refractivity contribution in [2.75, 3.05) is 13.1 Å². The monoisotopic (exact) mass is 222 g/mol. The highest BCUT2D eigenvalue weighted by Crippen LogP contribution is 2.23. The molecule has 0 radical (unpaired) electrons. The number of likely N-dealkylation sites (N-methyl/N-ethyl adjacent to an activating group) is 1. The van der Waals surface area contributed by atoms with Gasteiger partial charge >= 0.3 is 0 Å². The van der Waals surface area contributed by atoms with Crippen LogP contribution in [0.5, 0.6) is 0 Å². The summed E-state index contributed by atoms with van der Waals surface area (Å²) in [6.45, 7) is 3.17. The minimum absolute atomic E-state index is 0.0761. The molecule has 0 fully saturated rings. The summed E-state index contributed by atoms with van der Waals surface area (Å²) < 4.78 is 13.1. The molecule has 1 aromatic rings. The molecule has 2 N–H and O–H groups in total. The van der Waals surface area contributed by atoms with Gasteiger partial charge in [0.05, 0.1) is 0 Å². The van der Waals surface area contributed by atoms with Crippen molar-refractivity contribution in [2.24, 2.45) is 5.73 Å². The molecule has 0 aliphatic carbocycles. The fourth-order valence-corrected chi connectivity index (χ4v) is 2.10. The largest absolute Gasteiger partial charge is 0.341 e. The van der Waals surface area contributed by atoms with E-state index in [2.05, 4.69) is 0 Å². The second-order valence-electron chi connectivity index (χ2n) is 3.99. The predicted molar refractivity (Wildman–Crippen MR) is 59.3 cm³/mol. The number of nitrogens with zero attached hydrogens (tertiary/aromatic N) is 1. The third kappa shape index (κ3) is 1.80. The molecule has 0 aromatic heterocycles. The van der Waals surface area contributed by atoms with Crippen LogP contribution in [-0.2, 0) is 11.2 Å². The van der Waals surface area contributed by atoms with E-state index in [-0.39, 0.29) is 11.7 Å². The van der Waals surface area contributed by atoms with Crippen molar-refractivity contribution in [1.82, 2.24) is 4.90 Å². The molecule has 1 aliphatic rings. The number of fused-ring (bicyclic) bond motifs is 1. The Hall–Kier alpha value is -1.42. The van der Waals surface area contributed by atoms with Crippen LogP contribution in [0.3, 0.4) is 0 Å². The van der Waals surface area contributed by atoms with E-state index in [1.165, 1.54) is 12.1 Å². The first-order chi connectivity index (χ1) is 7.63. The van der Waals surface area contributed by atoms with Crippen LogP contribution in [-0.4, -0.2) is 23.9 Å². The van der Waals surface area contributed by atoms with Crippen molar-refractivity contribution < 1.29 is 9.18 Å². The van der Waals surface area contributed by atoms with E-state index in [1.807, 2.05) is 6.92 Å². The van der Waals surface area contributed by atoms with E-state index in [0.29, 0.717) is 19.5 Å². The van der Waals surface area contributed by atoms with Gasteiger partial charge in [-0.3, -0.25) is 4.79 Å². The van der Waals surface area contributed by atoms with Gasteiger partial charge in [-0.2, -0.15) is 0 Å². The summed E-state index contributed by atoms with van der Waals surface area (Å²) >= 11 is 0. The lowest BCUT2D eigenvalue weighted by Crippen LogP contribution is -2.37. The fraction of sp³-hybridized carbons (Fsp3) is 0.417. The van der Waals surface area contributed by atoms with Gasteiger partial charge in [-0.1, -0.05) is 6.07 Å². The molecule has 0 bridgehead atoms. The lowest BCUT2D eigenvalue weighted by atomic mass is 10.00. The number of amides is 1. The Morgan fingerprint density at radius 1 is 1.56 bits per heavy atom. The number of hydrogen-bond acceptors (Lipinski definition) is 2. The SMILES string of the molecule is CCN1CCc2cc(F)ccc2[C@H](N)C1=O. The first-order valence-electron chi connectivity index (χ1n) is 5.46. The number of carbonyl (C=O) groups is 1. The van der Waals surface area contributed by atoms with Gasteiger partial charge in [-0.05, 0) is 36.6 Å². The van der Waals surface area contributed by atoms with Gasteiger partial charge in [0.2, 0.25) is 5.91 Å². The average molecular weight is 222 g/mol. The van der Waals surface area contributed by atoms with Gasteiger partial charge in [-0.15, -0.1) is 0 Å². The zero-order valence-corrected chi connectivity index (χ0v) is 9.24. The Balaban J connectivity index is 2.41. The van der Waals surface area contributed by atoms with Crippen LogP contribution in [0.15, 0.2) is 18.2 Å². The second-order valence-corrected chi connectivity index (χ2v) is 3.99. The average Bonchev–Trinajstić information content (AvgIpc) is 2.38. The maximum absolute atomic E-state index is 13.1. The Morgan fingerprint density at radius 2 is 2.31 bits per heavy atom. The van der Waals surface area contributed by atoms with Crippen molar-refractivity contribution in [1.29, 1.82) is 0 Å². The first kappa shape index (κ1) is 11.1. The molecular weight excluding hydrogens is 207 g/mol. The molecule has 1 aromatic carbocycles. The van der Waals surface area contributed by atoms with Crippen LogP contribution in [0.4, 0.5) is 4.39 Å². The van der Waals surface area contributed by atoms with Crippen LogP contribution < -0.4 is 5.73 Å². The quantitative estimate of drug-likeness (QED) is 0.776. The van der Waals surface area contributed by atoms with Crippen molar-refractivity contribution in [2.45, 2.75) is 19.4 Å². The van der Waals surface area contributed by atoms with E-state index >= 15 is 0 Å². The highest BCUT2D eigenvalue weighted by molar-refractivity contribution is 5.84. The zero-order valence-electron chi connectivity index (χ0n) is 9.24. The second kappa shape index (κ2) is 4.22. The summed E-state index contributed by atoms with van der Waals surface area (Å²) in [5.74, 6) is -0.351. The smallest absolute Gasteiger partial charge is 0.244 e. The van der Waals surface area contributed by atoms with E-state index in [1.54, 1.807) is 11.0 Å². The molecule has 3 nitrogen and oxygen atoms in total. The maximum Gasteiger partial charge on any atom is 0.244 e. The normalized spacial score (nSPS) is 20.6. The molecule has 1 aliphatic heterocycles. The lowest BCUT2D eigenvalue weighted by molar-refractivity contribution is -0.132. The first-order valence-corrected chi connectivity index (χ1v) is 5.46. The van der Waals surface area contributed by atoms with Crippen LogP contribution in [0.1, 0.15) is 24.1 Å². The molecule has 1 amide bonds. The number of carbonyl (C=O) groups excluding carboxylic acids is 1. The minimum Gasteiger partial charge on any atom is -0.341 e. The van der Waals surface area contributed by atoms with Crippen LogP contribution in [0, 0.1) is 5.82 Å². The Labute approximate surface area is 94.0 Å². The van der Waals surface area contributed by atoms with Gasteiger partial charge in [0, 0.05) is 13.1 Å². The van der Waals surface area contributed by atoms with Gasteiger partial charge in [0.15, 0.2) is 0 Å². The van der Waals surface area contributed by atoms with Crippen molar-refractivity contribution >= 4 is 5.91 Å². The van der Waals surface area contributed by atoms with Crippen LogP contribution in [0.2, 0.25) is 0 Å². The topological polar surface area (TPSA) is 46.3 Å². The van der Waals surface area contributed by atoms with Gasteiger partial charge in [0.1, 0.15) is 11.9 Å². The zero-order chi connectivity index (χ0) is 11.7. The van der Waals surface area contributed by atoms with Gasteiger partial charge < -0.3 is 10.6 Å². The molecule has 1 heterocycles. The Bertz CT molecular complexity index is 419. The van der Waals surface area contributed by atoms with Crippen molar-refractivity contribution in [3.05, 3.63) is 35.1 Å². The maximum atomic E-state index is 13.1. The van der Waals surface area contributed by atoms with Crippen molar-refractivity contribution in [3.63, 3.8) is 0 Å². The van der Waals surface area contributed by atoms with Crippen molar-refractivity contribution in [3.8, 4) is 0 Å². The van der Waals surface area contributed by atoms with Crippen LogP contribution in [0.25, 0.3) is 0 Å². The number of hydrogen-bond donors (Lipinski definition) is 1.